The summed E-state index contributed by atoms with van der Waals surface area (Å²) in [5, 5.41) is 8.34. The Morgan fingerprint density at radius 2 is 1.90 bits per heavy atom. The number of ether oxygens (including phenoxy) is 2. The van der Waals surface area contributed by atoms with Crippen molar-refractivity contribution in [2.45, 2.75) is 57.5 Å². The van der Waals surface area contributed by atoms with Crippen LogP contribution in [0.25, 0.3) is 5.57 Å². The van der Waals surface area contributed by atoms with Gasteiger partial charge in [0.1, 0.15) is 0 Å². The summed E-state index contributed by atoms with van der Waals surface area (Å²) in [6.45, 7) is 6.30. The zero-order valence-corrected chi connectivity index (χ0v) is 24.3. The van der Waals surface area contributed by atoms with Crippen LogP contribution in [0, 0.1) is 11.8 Å². The molecule has 1 saturated heterocycles. The second-order valence-electron chi connectivity index (χ2n) is 11.2. The lowest BCUT2D eigenvalue weighted by Crippen LogP contribution is -2.60. The van der Waals surface area contributed by atoms with Crippen LogP contribution in [0.15, 0.2) is 48.5 Å². The third-order valence-corrected chi connectivity index (χ3v) is 8.76. The molecule has 0 spiro atoms. The highest BCUT2D eigenvalue weighted by Crippen LogP contribution is 2.37. The predicted octanol–water partition coefficient (Wildman–Crippen LogP) is 5.32. The van der Waals surface area contributed by atoms with Crippen LogP contribution in [0.2, 0.25) is 10.0 Å². The highest BCUT2D eigenvalue weighted by molar-refractivity contribution is 6.42. The Balaban J connectivity index is 1.30. The number of rotatable bonds is 12. The van der Waals surface area contributed by atoms with Crippen molar-refractivity contribution in [3.63, 3.8) is 0 Å². The fourth-order valence-corrected chi connectivity index (χ4v) is 6.12. The van der Waals surface area contributed by atoms with Gasteiger partial charge in [-0.3, -0.25) is 4.79 Å². The van der Waals surface area contributed by atoms with Crippen molar-refractivity contribution in [1.82, 2.24) is 15.5 Å². The van der Waals surface area contributed by atoms with E-state index in [4.69, 9.17) is 32.7 Å². The van der Waals surface area contributed by atoms with Crippen LogP contribution in [0.3, 0.4) is 0 Å². The molecule has 0 radical (unpaired) electrons. The molecule has 3 aliphatic rings. The van der Waals surface area contributed by atoms with Crippen molar-refractivity contribution >= 4 is 34.7 Å². The minimum atomic E-state index is 0.0784. The van der Waals surface area contributed by atoms with Gasteiger partial charge in [0.05, 0.1) is 29.9 Å². The highest BCUT2D eigenvalue weighted by Gasteiger charge is 2.39. The van der Waals surface area contributed by atoms with Gasteiger partial charge >= 0.3 is 0 Å². The number of carbonyl (C=O) groups is 1. The van der Waals surface area contributed by atoms with Crippen LogP contribution in [0.5, 0.6) is 0 Å². The molecule has 2 aromatic rings. The van der Waals surface area contributed by atoms with Gasteiger partial charge in [0.15, 0.2) is 0 Å². The Morgan fingerprint density at radius 3 is 2.64 bits per heavy atom. The summed E-state index contributed by atoms with van der Waals surface area (Å²) >= 11 is 12.8. The number of benzene rings is 2. The van der Waals surface area contributed by atoms with Crippen molar-refractivity contribution in [3.8, 4) is 0 Å². The van der Waals surface area contributed by atoms with Crippen LogP contribution in [0.1, 0.15) is 42.9 Å². The molecule has 3 unspecified atom stereocenters. The fourth-order valence-electron chi connectivity index (χ4n) is 5.74. The Kier molecular flexibility index (Phi) is 9.65. The number of nitrogens with zero attached hydrogens (tertiary/aromatic N) is 1. The van der Waals surface area contributed by atoms with Crippen molar-refractivity contribution in [1.29, 1.82) is 0 Å². The van der Waals surface area contributed by atoms with Crippen LogP contribution in [-0.4, -0.2) is 62.3 Å². The zero-order chi connectivity index (χ0) is 27.4. The Morgan fingerprint density at radius 1 is 1.10 bits per heavy atom. The van der Waals surface area contributed by atoms with E-state index in [1.54, 1.807) is 13.2 Å². The average molecular weight is 573 g/mol. The number of hydrogen-bond donors (Lipinski definition) is 2. The first-order valence-corrected chi connectivity index (χ1v) is 14.7. The lowest BCUT2D eigenvalue weighted by atomic mass is 9.78. The molecule has 5 rings (SSSR count). The van der Waals surface area contributed by atoms with Gasteiger partial charge in [0.25, 0.3) is 0 Å². The summed E-state index contributed by atoms with van der Waals surface area (Å²) in [7, 11) is 1.72. The van der Waals surface area contributed by atoms with Gasteiger partial charge in [0, 0.05) is 63.1 Å². The van der Waals surface area contributed by atoms with Gasteiger partial charge in [-0.15, -0.1) is 0 Å². The van der Waals surface area contributed by atoms with Crippen LogP contribution in [-0.2, 0) is 27.4 Å². The topological polar surface area (TPSA) is 62.8 Å². The second kappa shape index (κ2) is 13.2. The van der Waals surface area contributed by atoms with Crippen LogP contribution >= 0.6 is 23.2 Å². The van der Waals surface area contributed by atoms with Gasteiger partial charge in [-0.2, -0.15) is 0 Å². The van der Waals surface area contributed by atoms with Crippen molar-refractivity contribution in [3.05, 3.63) is 75.3 Å². The minimum Gasteiger partial charge on any atom is -0.384 e. The van der Waals surface area contributed by atoms with Gasteiger partial charge in [-0.05, 0) is 41.2 Å². The summed E-state index contributed by atoms with van der Waals surface area (Å²) in [6, 6.07) is 15.0. The summed E-state index contributed by atoms with van der Waals surface area (Å²) in [6.07, 6.45) is 4.84. The molecule has 2 aromatic carbocycles. The monoisotopic (exact) mass is 571 g/mol. The third-order valence-electron chi connectivity index (χ3n) is 7.91. The average Bonchev–Trinajstić information content (AvgIpc) is 3.77. The fraction of sp³-hybridized carbons (Fsp3) is 0.516. The van der Waals surface area contributed by atoms with E-state index >= 15 is 0 Å². The van der Waals surface area contributed by atoms with E-state index < -0.39 is 0 Å². The molecule has 39 heavy (non-hydrogen) atoms. The molecule has 210 valence electrons. The molecule has 0 aromatic heterocycles. The lowest BCUT2D eigenvalue weighted by Gasteiger charge is -2.42. The number of amides is 1. The van der Waals surface area contributed by atoms with Gasteiger partial charge in [0.2, 0.25) is 5.91 Å². The molecular weight excluding hydrogens is 533 g/mol. The molecule has 8 heteroatoms. The molecule has 2 N–H and O–H groups in total. The Hall–Kier alpha value is -1.93. The Bertz CT molecular complexity index is 1170. The Labute approximate surface area is 242 Å². The van der Waals surface area contributed by atoms with E-state index in [0.29, 0.717) is 48.7 Å². The summed E-state index contributed by atoms with van der Waals surface area (Å²) < 4.78 is 11.1. The number of methoxy groups -OCH3 is 1. The van der Waals surface area contributed by atoms with Crippen LogP contribution in [0.4, 0.5) is 0 Å². The smallest absolute Gasteiger partial charge is 0.223 e. The number of nitrogens with one attached hydrogen (secondary N) is 2. The summed E-state index contributed by atoms with van der Waals surface area (Å²) in [5.74, 6) is 0.616. The highest BCUT2D eigenvalue weighted by atomic mass is 35.5. The largest absolute Gasteiger partial charge is 0.384 e. The predicted molar refractivity (Wildman–Crippen MR) is 157 cm³/mol. The first-order chi connectivity index (χ1) is 18.9. The number of carbonyl (C=O) groups excluding carboxylic acids is 1. The minimum absolute atomic E-state index is 0.0784. The quantitative estimate of drug-likeness (QED) is 0.361. The van der Waals surface area contributed by atoms with Crippen molar-refractivity contribution in [2.75, 3.05) is 33.4 Å². The van der Waals surface area contributed by atoms with E-state index in [0.717, 1.165) is 37.1 Å². The molecule has 6 nitrogen and oxygen atoms in total. The molecular formula is C31H39Cl2N3O3. The third kappa shape index (κ3) is 7.24. The van der Waals surface area contributed by atoms with E-state index in [2.05, 4.69) is 47.9 Å². The number of fused-ring (bicyclic) bond motifs is 2. The normalized spacial score (nSPS) is 23.3. The molecule has 1 saturated carbocycles. The van der Waals surface area contributed by atoms with Crippen molar-refractivity contribution in [2.24, 2.45) is 11.8 Å². The van der Waals surface area contributed by atoms with E-state index in [-0.39, 0.29) is 30.0 Å². The maximum atomic E-state index is 13.9. The number of halogens is 2. The van der Waals surface area contributed by atoms with E-state index in [1.165, 1.54) is 11.1 Å². The first kappa shape index (κ1) is 28.6. The molecule has 2 aliphatic heterocycles. The molecule has 2 bridgehead atoms. The van der Waals surface area contributed by atoms with E-state index in [1.807, 2.05) is 17.0 Å². The standard InChI is InChI=1S/C31H39Cl2N3O3/c1-20(17-38-2)18-39-19-21-6-8-22(9-7-21)26-12-24-14-34-15-29(35-24)27(26)13-30(37)36(25-10-11-25)16-23-4-3-5-28(32)31(23)33/h3-9,12,20,24-25,27,29,34-35H,10-11,13-19H2,1-2H3/t20-,24?,27?,29?/m0/s1. The lowest BCUT2D eigenvalue weighted by molar-refractivity contribution is -0.133. The zero-order valence-electron chi connectivity index (χ0n) is 22.8. The molecule has 2 heterocycles. The molecule has 1 aliphatic carbocycles. The van der Waals surface area contributed by atoms with E-state index in [9.17, 15) is 4.79 Å². The first-order valence-electron chi connectivity index (χ1n) is 14.0. The summed E-state index contributed by atoms with van der Waals surface area (Å²) in [4.78, 5) is 15.9. The molecule has 2 fully saturated rings. The number of piperazine rings is 1. The second-order valence-corrected chi connectivity index (χ2v) is 12.0. The van der Waals surface area contributed by atoms with Crippen LogP contribution < -0.4 is 10.6 Å². The maximum Gasteiger partial charge on any atom is 0.223 e. The van der Waals surface area contributed by atoms with Crippen molar-refractivity contribution < 1.29 is 14.3 Å². The molecule has 4 atom stereocenters. The number of hydrogen-bond acceptors (Lipinski definition) is 5. The van der Waals surface area contributed by atoms with Gasteiger partial charge in [-0.1, -0.05) is 72.6 Å². The SMILES string of the molecule is COC[C@H](C)COCc1ccc(C2=CC3CNCC(N3)C2CC(=O)N(Cc2cccc(Cl)c2Cl)C2CC2)cc1. The van der Waals surface area contributed by atoms with Gasteiger partial charge in [-0.25, -0.2) is 0 Å². The molecule has 1 amide bonds. The summed E-state index contributed by atoms with van der Waals surface area (Å²) in [5.41, 5.74) is 4.48. The van der Waals surface area contributed by atoms with Gasteiger partial charge < -0.3 is 25.0 Å². The maximum absolute atomic E-state index is 13.9.